The molecule has 1 atom stereocenters. The molecule has 0 heterocycles. The molecule has 23 heavy (non-hydrogen) atoms. The van der Waals surface area contributed by atoms with E-state index in [0.717, 1.165) is 12.1 Å². The maximum absolute atomic E-state index is 13.0. The van der Waals surface area contributed by atoms with Gasteiger partial charge in [-0.15, -0.1) is 0 Å². The Morgan fingerprint density at radius 1 is 1.04 bits per heavy atom. The van der Waals surface area contributed by atoms with E-state index >= 15 is 0 Å². The third kappa shape index (κ3) is 5.41. The molecule has 1 amide bonds. The van der Waals surface area contributed by atoms with E-state index in [1.54, 1.807) is 0 Å². The summed E-state index contributed by atoms with van der Waals surface area (Å²) in [7, 11) is 0. The highest BCUT2D eigenvalue weighted by Crippen LogP contribution is 2.17. The number of carbonyl (C=O) groups is 1. The number of halogens is 3. The fraction of sp³-hybridized carbons (Fsp3) is 0.235. The third-order valence-electron chi connectivity index (χ3n) is 3.27. The molecule has 0 bridgehead atoms. The minimum absolute atomic E-state index is 0.178. The van der Waals surface area contributed by atoms with Gasteiger partial charge in [-0.3, -0.25) is 4.79 Å². The summed E-state index contributed by atoms with van der Waals surface area (Å²) in [5, 5.41) is 12.4. The van der Waals surface area contributed by atoms with Crippen molar-refractivity contribution in [2.75, 3.05) is 6.54 Å². The highest BCUT2D eigenvalue weighted by molar-refractivity contribution is 5.76. The average Bonchev–Trinajstić information content (AvgIpc) is 2.46. The number of hydrogen-bond acceptors (Lipinski definition) is 2. The lowest BCUT2D eigenvalue weighted by Gasteiger charge is -2.11. The van der Waals surface area contributed by atoms with Gasteiger partial charge in [-0.1, -0.05) is 12.1 Å². The van der Waals surface area contributed by atoms with Crippen LogP contribution in [0.15, 0.2) is 42.5 Å². The van der Waals surface area contributed by atoms with Crippen LogP contribution in [0.2, 0.25) is 0 Å². The molecule has 0 aliphatic carbocycles. The fourth-order valence-corrected chi connectivity index (χ4v) is 2.18. The lowest BCUT2D eigenvalue weighted by molar-refractivity contribution is -0.123. The molecule has 0 aromatic heterocycles. The van der Waals surface area contributed by atoms with E-state index in [1.165, 1.54) is 30.3 Å². The minimum atomic E-state index is -1.11. The van der Waals surface area contributed by atoms with Gasteiger partial charge < -0.3 is 10.4 Å². The number of carbonyl (C=O) groups excluding carboxylic acids is 1. The van der Waals surface area contributed by atoms with E-state index in [1.807, 2.05) is 0 Å². The molecule has 0 radical (unpaired) electrons. The Bertz CT molecular complexity index is 671. The van der Waals surface area contributed by atoms with Crippen molar-refractivity contribution in [3.63, 3.8) is 0 Å². The summed E-state index contributed by atoms with van der Waals surface area (Å²) in [6.45, 7) is 0.178. The molecule has 2 aromatic carbocycles. The SMILES string of the molecule is O=C(CC(O)c1cccc(F)c1)NCCc1cc(F)cc(F)c1. The normalized spacial score (nSPS) is 12.0. The van der Waals surface area contributed by atoms with Gasteiger partial charge in [0.2, 0.25) is 5.91 Å². The molecular formula is C17H16F3NO2. The standard InChI is InChI=1S/C17H16F3NO2/c18-13-3-1-2-12(8-13)16(22)10-17(23)21-5-4-11-6-14(19)9-15(20)7-11/h1-3,6-9,16,22H,4-5,10H2,(H,21,23). The molecule has 0 aliphatic rings. The van der Waals surface area contributed by atoms with Gasteiger partial charge in [0.15, 0.2) is 0 Å². The van der Waals surface area contributed by atoms with E-state index in [9.17, 15) is 23.1 Å². The van der Waals surface area contributed by atoms with Crippen molar-refractivity contribution in [1.82, 2.24) is 5.32 Å². The summed E-state index contributed by atoms with van der Waals surface area (Å²) in [6, 6.07) is 8.54. The first-order valence-corrected chi connectivity index (χ1v) is 7.09. The van der Waals surface area contributed by atoms with Crippen LogP contribution in [0, 0.1) is 17.5 Å². The molecular weight excluding hydrogens is 307 g/mol. The second-order valence-corrected chi connectivity index (χ2v) is 5.15. The molecule has 3 nitrogen and oxygen atoms in total. The Kier molecular flexibility index (Phi) is 5.76. The molecule has 0 saturated carbocycles. The van der Waals surface area contributed by atoms with Crippen LogP contribution in [0.1, 0.15) is 23.7 Å². The minimum Gasteiger partial charge on any atom is -0.388 e. The number of rotatable bonds is 6. The molecule has 0 aliphatic heterocycles. The van der Waals surface area contributed by atoms with E-state index < -0.39 is 29.5 Å². The second kappa shape index (κ2) is 7.78. The molecule has 1 unspecified atom stereocenters. The van der Waals surface area contributed by atoms with Crippen molar-refractivity contribution in [2.24, 2.45) is 0 Å². The van der Waals surface area contributed by atoms with Gasteiger partial charge in [-0.05, 0) is 41.8 Å². The second-order valence-electron chi connectivity index (χ2n) is 5.15. The first-order valence-electron chi connectivity index (χ1n) is 7.09. The monoisotopic (exact) mass is 323 g/mol. The Morgan fingerprint density at radius 3 is 2.39 bits per heavy atom. The zero-order valence-corrected chi connectivity index (χ0v) is 12.2. The van der Waals surface area contributed by atoms with Crippen LogP contribution in [0.4, 0.5) is 13.2 Å². The fourth-order valence-electron chi connectivity index (χ4n) is 2.18. The van der Waals surface area contributed by atoms with Crippen LogP contribution in [0.3, 0.4) is 0 Å². The number of nitrogens with one attached hydrogen (secondary N) is 1. The number of aliphatic hydroxyl groups excluding tert-OH is 1. The zero-order chi connectivity index (χ0) is 16.8. The van der Waals surface area contributed by atoms with Crippen molar-refractivity contribution in [3.05, 3.63) is 71.0 Å². The quantitative estimate of drug-likeness (QED) is 0.859. The van der Waals surface area contributed by atoms with Crippen LogP contribution in [-0.4, -0.2) is 17.6 Å². The van der Waals surface area contributed by atoms with Gasteiger partial charge in [0.25, 0.3) is 0 Å². The maximum Gasteiger partial charge on any atom is 0.222 e. The van der Waals surface area contributed by atoms with E-state index in [4.69, 9.17) is 0 Å². The van der Waals surface area contributed by atoms with E-state index in [0.29, 0.717) is 11.1 Å². The predicted molar refractivity (Wildman–Crippen MR) is 79.0 cm³/mol. The molecule has 122 valence electrons. The van der Waals surface area contributed by atoms with Crippen LogP contribution in [-0.2, 0) is 11.2 Å². The van der Waals surface area contributed by atoms with Crippen LogP contribution in [0.5, 0.6) is 0 Å². The zero-order valence-electron chi connectivity index (χ0n) is 12.2. The summed E-state index contributed by atoms with van der Waals surface area (Å²) in [4.78, 5) is 11.7. The highest BCUT2D eigenvalue weighted by Gasteiger charge is 2.13. The van der Waals surface area contributed by atoms with Crippen molar-refractivity contribution >= 4 is 5.91 Å². The summed E-state index contributed by atoms with van der Waals surface area (Å²) in [5.74, 6) is -2.27. The van der Waals surface area contributed by atoms with Crippen molar-refractivity contribution in [3.8, 4) is 0 Å². The topological polar surface area (TPSA) is 49.3 Å². The van der Waals surface area contributed by atoms with Gasteiger partial charge in [0.1, 0.15) is 17.5 Å². The van der Waals surface area contributed by atoms with Gasteiger partial charge >= 0.3 is 0 Å². The van der Waals surface area contributed by atoms with Gasteiger partial charge in [-0.25, -0.2) is 13.2 Å². The number of benzene rings is 2. The van der Waals surface area contributed by atoms with Crippen molar-refractivity contribution in [1.29, 1.82) is 0 Å². The average molecular weight is 323 g/mol. The largest absolute Gasteiger partial charge is 0.388 e. The Balaban J connectivity index is 1.81. The number of aliphatic hydroxyl groups is 1. The van der Waals surface area contributed by atoms with Crippen LogP contribution < -0.4 is 5.32 Å². The molecule has 0 saturated heterocycles. The molecule has 2 rings (SSSR count). The van der Waals surface area contributed by atoms with Crippen molar-refractivity contribution in [2.45, 2.75) is 18.9 Å². The van der Waals surface area contributed by atoms with Gasteiger partial charge in [0.05, 0.1) is 12.5 Å². The van der Waals surface area contributed by atoms with Gasteiger partial charge in [0, 0.05) is 12.6 Å². The van der Waals surface area contributed by atoms with Crippen LogP contribution in [0.25, 0.3) is 0 Å². The van der Waals surface area contributed by atoms with Crippen molar-refractivity contribution < 1.29 is 23.1 Å². The van der Waals surface area contributed by atoms with Gasteiger partial charge in [-0.2, -0.15) is 0 Å². The van der Waals surface area contributed by atoms with Crippen LogP contribution >= 0.6 is 0 Å². The Hall–Kier alpha value is -2.34. The summed E-state index contributed by atoms with van der Waals surface area (Å²) >= 11 is 0. The lowest BCUT2D eigenvalue weighted by atomic mass is 10.1. The van der Waals surface area contributed by atoms with E-state index in [2.05, 4.69) is 5.32 Å². The third-order valence-corrected chi connectivity index (χ3v) is 3.27. The molecule has 2 N–H and O–H groups in total. The van der Waals surface area contributed by atoms with E-state index in [-0.39, 0.29) is 19.4 Å². The number of hydrogen-bond donors (Lipinski definition) is 2. The molecule has 2 aromatic rings. The summed E-state index contributed by atoms with van der Waals surface area (Å²) in [5.41, 5.74) is 0.737. The maximum atomic E-state index is 13.0. The Labute approximate surface area is 131 Å². The smallest absolute Gasteiger partial charge is 0.222 e. The first kappa shape index (κ1) is 17.0. The molecule has 0 spiro atoms. The predicted octanol–water partition coefficient (Wildman–Crippen LogP) is 2.89. The molecule has 6 heteroatoms. The number of amides is 1. The summed E-state index contributed by atoms with van der Waals surface area (Å²) < 4.78 is 39.1. The Morgan fingerprint density at radius 2 is 1.74 bits per heavy atom. The first-order chi connectivity index (χ1) is 10.9. The molecule has 0 fully saturated rings. The summed E-state index contributed by atoms with van der Waals surface area (Å²) in [6.07, 6.45) is -1.07. The highest BCUT2D eigenvalue weighted by atomic mass is 19.1. The lowest BCUT2D eigenvalue weighted by Crippen LogP contribution is -2.27.